The zero-order chi connectivity index (χ0) is 15.3. The molecule has 0 aromatic heterocycles. The van der Waals surface area contributed by atoms with Gasteiger partial charge in [-0.05, 0) is 25.2 Å². The van der Waals surface area contributed by atoms with Crippen LogP contribution in [-0.2, 0) is 0 Å². The van der Waals surface area contributed by atoms with Crippen molar-refractivity contribution in [3.05, 3.63) is 30.3 Å². The van der Waals surface area contributed by atoms with Gasteiger partial charge in [0.1, 0.15) is 0 Å². The van der Waals surface area contributed by atoms with Crippen LogP contribution in [0.3, 0.4) is 0 Å². The molecule has 118 valence electrons. The van der Waals surface area contributed by atoms with E-state index in [-0.39, 0.29) is 0 Å². The largest absolute Gasteiger partial charge is 0.356 e. The zero-order valence-electron chi connectivity index (χ0n) is 13.4. The molecule has 0 spiro atoms. The number of hydrogen-bond donors (Lipinski definition) is 2. The van der Waals surface area contributed by atoms with Crippen LogP contribution in [0.25, 0.3) is 0 Å². The van der Waals surface area contributed by atoms with E-state index >= 15 is 0 Å². The van der Waals surface area contributed by atoms with Gasteiger partial charge in [0.2, 0.25) is 0 Å². The average Bonchev–Trinajstić information content (AvgIpc) is 2.54. The maximum atomic E-state index is 4.25. The van der Waals surface area contributed by atoms with Crippen molar-refractivity contribution in [2.75, 3.05) is 45.5 Å². The molecule has 0 saturated heterocycles. The molecule has 4 nitrogen and oxygen atoms in total. The molecule has 0 atom stereocenters. The van der Waals surface area contributed by atoms with Gasteiger partial charge in [0, 0.05) is 37.3 Å². The van der Waals surface area contributed by atoms with Crippen LogP contribution < -0.4 is 10.6 Å². The molecule has 0 fully saturated rings. The van der Waals surface area contributed by atoms with E-state index in [0.717, 1.165) is 44.4 Å². The van der Waals surface area contributed by atoms with E-state index in [2.05, 4.69) is 58.6 Å². The highest BCUT2D eigenvalue weighted by Crippen LogP contribution is 2.15. The Kier molecular flexibility index (Phi) is 9.74. The van der Waals surface area contributed by atoms with Crippen molar-refractivity contribution in [1.29, 1.82) is 0 Å². The van der Waals surface area contributed by atoms with Crippen LogP contribution in [0.2, 0.25) is 0 Å². The molecule has 0 unspecified atom stereocenters. The fourth-order valence-corrected chi connectivity index (χ4v) is 2.74. The van der Waals surface area contributed by atoms with Crippen LogP contribution in [0.15, 0.2) is 40.2 Å². The van der Waals surface area contributed by atoms with Crippen molar-refractivity contribution < 1.29 is 0 Å². The Morgan fingerprint density at radius 1 is 1.10 bits per heavy atom. The highest BCUT2D eigenvalue weighted by atomic mass is 32.2. The van der Waals surface area contributed by atoms with Crippen LogP contribution in [0.4, 0.5) is 0 Å². The van der Waals surface area contributed by atoms with Crippen LogP contribution >= 0.6 is 11.8 Å². The molecule has 0 aliphatic carbocycles. The van der Waals surface area contributed by atoms with Crippen molar-refractivity contribution in [2.45, 2.75) is 18.7 Å². The number of aliphatic imine (C=N–C) groups is 1. The van der Waals surface area contributed by atoms with Gasteiger partial charge in [-0.3, -0.25) is 4.99 Å². The third-order valence-corrected chi connectivity index (χ3v) is 4.26. The minimum atomic E-state index is 0.885. The van der Waals surface area contributed by atoms with Crippen LogP contribution in [0.1, 0.15) is 13.8 Å². The molecular formula is C16H28N4S. The third-order valence-electron chi connectivity index (χ3n) is 3.24. The molecule has 0 saturated carbocycles. The summed E-state index contributed by atoms with van der Waals surface area (Å²) < 4.78 is 0. The molecule has 2 N–H and O–H groups in total. The first-order valence-corrected chi connectivity index (χ1v) is 8.63. The van der Waals surface area contributed by atoms with Gasteiger partial charge in [0.05, 0.1) is 0 Å². The maximum absolute atomic E-state index is 4.25. The van der Waals surface area contributed by atoms with Gasteiger partial charge in [-0.2, -0.15) is 0 Å². The van der Waals surface area contributed by atoms with Crippen LogP contribution in [-0.4, -0.2) is 56.4 Å². The van der Waals surface area contributed by atoms with Crippen LogP contribution in [0.5, 0.6) is 0 Å². The molecule has 0 aliphatic heterocycles. The van der Waals surface area contributed by atoms with Gasteiger partial charge >= 0.3 is 0 Å². The van der Waals surface area contributed by atoms with Gasteiger partial charge in [0.25, 0.3) is 0 Å². The Morgan fingerprint density at radius 3 is 2.38 bits per heavy atom. The molecule has 1 rings (SSSR count). The van der Waals surface area contributed by atoms with Gasteiger partial charge in [0.15, 0.2) is 5.96 Å². The minimum absolute atomic E-state index is 0.885. The van der Waals surface area contributed by atoms with E-state index in [1.165, 1.54) is 4.90 Å². The molecule has 21 heavy (non-hydrogen) atoms. The number of rotatable bonds is 9. The summed E-state index contributed by atoms with van der Waals surface area (Å²) in [4.78, 5) is 7.95. The molecule has 5 heteroatoms. The summed E-state index contributed by atoms with van der Waals surface area (Å²) in [5.74, 6) is 1.91. The number of benzene rings is 1. The lowest BCUT2D eigenvalue weighted by atomic mass is 10.4. The Morgan fingerprint density at radius 2 is 1.76 bits per heavy atom. The second-order valence-corrected chi connectivity index (χ2v) is 5.78. The smallest absolute Gasteiger partial charge is 0.191 e. The van der Waals surface area contributed by atoms with E-state index in [4.69, 9.17) is 0 Å². The first-order chi connectivity index (χ1) is 10.3. The second-order valence-electron chi connectivity index (χ2n) is 4.61. The summed E-state index contributed by atoms with van der Waals surface area (Å²) in [5, 5.41) is 6.70. The first kappa shape index (κ1) is 17.9. The Labute approximate surface area is 133 Å². The zero-order valence-corrected chi connectivity index (χ0v) is 14.2. The minimum Gasteiger partial charge on any atom is -0.356 e. The monoisotopic (exact) mass is 308 g/mol. The summed E-state index contributed by atoms with van der Waals surface area (Å²) in [5.41, 5.74) is 0. The third kappa shape index (κ3) is 7.97. The lowest BCUT2D eigenvalue weighted by Gasteiger charge is -2.19. The van der Waals surface area contributed by atoms with E-state index in [0.29, 0.717) is 0 Å². The molecule has 0 heterocycles. The SMILES string of the molecule is CCN(CC)CCNC(=NC)NCCSc1ccccc1. The molecule has 0 radical (unpaired) electrons. The average molecular weight is 308 g/mol. The topological polar surface area (TPSA) is 39.7 Å². The number of hydrogen-bond acceptors (Lipinski definition) is 3. The first-order valence-electron chi connectivity index (χ1n) is 7.64. The highest BCUT2D eigenvalue weighted by Gasteiger charge is 2.00. The predicted octanol–water partition coefficient (Wildman–Crippen LogP) is 2.29. The van der Waals surface area contributed by atoms with Crippen molar-refractivity contribution in [1.82, 2.24) is 15.5 Å². The Balaban J connectivity index is 2.14. The van der Waals surface area contributed by atoms with Crippen molar-refractivity contribution in [3.8, 4) is 0 Å². The van der Waals surface area contributed by atoms with E-state index in [1.54, 1.807) is 0 Å². The Hall–Kier alpha value is -1.20. The summed E-state index contributed by atoms with van der Waals surface area (Å²) in [6.07, 6.45) is 0. The maximum Gasteiger partial charge on any atom is 0.191 e. The number of nitrogens with zero attached hydrogens (tertiary/aromatic N) is 2. The van der Waals surface area contributed by atoms with Gasteiger partial charge in [-0.25, -0.2) is 0 Å². The van der Waals surface area contributed by atoms with Crippen molar-refractivity contribution in [3.63, 3.8) is 0 Å². The summed E-state index contributed by atoms with van der Waals surface area (Å²) in [7, 11) is 1.82. The van der Waals surface area contributed by atoms with E-state index in [9.17, 15) is 0 Å². The van der Waals surface area contributed by atoms with Gasteiger partial charge in [-0.15, -0.1) is 11.8 Å². The number of nitrogens with one attached hydrogen (secondary N) is 2. The van der Waals surface area contributed by atoms with Crippen LogP contribution in [0, 0.1) is 0 Å². The molecule has 1 aromatic carbocycles. The standard InChI is InChI=1S/C16H28N4S/c1-4-20(5-2)13-11-18-16(17-3)19-12-14-21-15-9-7-6-8-10-15/h6-10H,4-5,11-14H2,1-3H3,(H2,17,18,19). The molecule has 1 aromatic rings. The van der Waals surface area contributed by atoms with E-state index in [1.807, 2.05) is 24.9 Å². The lowest BCUT2D eigenvalue weighted by Crippen LogP contribution is -2.42. The number of likely N-dealkylation sites (N-methyl/N-ethyl adjacent to an activating group) is 1. The van der Waals surface area contributed by atoms with Gasteiger partial charge in [-0.1, -0.05) is 32.0 Å². The van der Waals surface area contributed by atoms with Crippen molar-refractivity contribution >= 4 is 17.7 Å². The second kappa shape index (κ2) is 11.5. The summed E-state index contributed by atoms with van der Waals surface area (Å²) in [6.45, 7) is 9.45. The summed E-state index contributed by atoms with van der Waals surface area (Å²) >= 11 is 1.86. The van der Waals surface area contributed by atoms with E-state index < -0.39 is 0 Å². The highest BCUT2D eigenvalue weighted by molar-refractivity contribution is 7.99. The normalized spacial score (nSPS) is 11.7. The quantitative estimate of drug-likeness (QED) is 0.318. The molecule has 0 aliphatic rings. The number of thioether (sulfide) groups is 1. The number of guanidine groups is 1. The fraction of sp³-hybridized carbons (Fsp3) is 0.562. The van der Waals surface area contributed by atoms with Gasteiger partial charge < -0.3 is 15.5 Å². The summed E-state index contributed by atoms with van der Waals surface area (Å²) in [6, 6.07) is 10.5. The molecular weight excluding hydrogens is 280 g/mol. The Bertz CT molecular complexity index is 391. The fourth-order valence-electron chi connectivity index (χ4n) is 1.95. The predicted molar refractivity (Wildman–Crippen MR) is 94.3 cm³/mol. The van der Waals surface area contributed by atoms with Crippen molar-refractivity contribution in [2.24, 2.45) is 4.99 Å². The lowest BCUT2D eigenvalue weighted by molar-refractivity contribution is 0.308. The molecule has 0 amide bonds. The molecule has 0 bridgehead atoms.